The molecule has 1 fully saturated rings. The van der Waals surface area contributed by atoms with Crippen LogP contribution in [-0.2, 0) is 35.4 Å². The number of aliphatic carboxylic acids is 1. The fourth-order valence-corrected chi connectivity index (χ4v) is 5.86. The Labute approximate surface area is 233 Å². The molecule has 2 amide bonds. The molecule has 0 unspecified atom stereocenters. The van der Waals surface area contributed by atoms with E-state index in [0.29, 0.717) is 15.6 Å². The zero-order valence-corrected chi connectivity index (χ0v) is 22.6. The van der Waals surface area contributed by atoms with E-state index >= 15 is 0 Å². The number of amides is 2. The number of carboxylic acid groups (broad SMARTS) is 1. The van der Waals surface area contributed by atoms with Crippen LogP contribution in [0, 0.1) is 0 Å². The average Bonchev–Trinajstić information content (AvgIpc) is 3.30. The number of esters is 1. The largest absolute Gasteiger partial charge is 0.477 e. The van der Waals surface area contributed by atoms with Gasteiger partial charge in [-0.2, -0.15) is 0 Å². The van der Waals surface area contributed by atoms with Crippen molar-refractivity contribution in [3.8, 4) is 0 Å². The number of fused-ring (bicyclic) bond motifs is 1. The predicted molar refractivity (Wildman–Crippen MR) is 141 cm³/mol. The van der Waals surface area contributed by atoms with Crippen LogP contribution in [0.1, 0.15) is 18.2 Å². The number of nitrogens with zero attached hydrogens (tertiary/aromatic N) is 3. The number of carbonyl (C=O) groups excluding carboxylic acids is 3. The van der Waals surface area contributed by atoms with Crippen LogP contribution >= 0.6 is 46.3 Å². The predicted octanol–water partition coefficient (Wildman–Crippen LogP) is 2.25. The van der Waals surface area contributed by atoms with Gasteiger partial charge in [0, 0.05) is 39.2 Å². The van der Waals surface area contributed by atoms with E-state index in [1.54, 1.807) is 18.2 Å². The number of aromatic nitrogens is 1. The molecule has 2 aliphatic heterocycles. The quantitative estimate of drug-likeness (QED) is 0.168. The molecule has 0 aliphatic carbocycles. The third-order valence-electron chi connectivity index (χ3n) is 5.35. The molecule has 3 heterocycles. The number of carboxylic acids is 1. The summed E-state index contributed by atoms with van der Waals surface area (Å²) < 4.78 is 4.92. The number of benzene rings is 1. The highest BCUT2D eigenvalue weighted by molar-refractivity contribution is 8.00. The van der Waals surface area contributed by atoms with Gasteiger partial charge >= 0.3 is 11.9 Å². The topological polar surface area (TPSA) is 174 Å². The van der Waals surface area contributed by atoms with Crippen LogP contribution in [-0.4, -0.2) is 68.2 Å². The molecule has 1 aromatic heterocycles. The Balaban J connectivity index is 1.51. The first-order valence-corrected chi connectivity index (χ1v) is 13.4. The highest BCUT2D eigenvalue weighted by atomic mass is 35.5. The minimum Gasteiger partial charge on any atom is -0.477 e. The third kappa shape index (κ3) is 5.88. The van der Waals surface area contributed by atoms with Crippen molar-refractivity contribution >= 4 is 80.9 Å². The fourth-order valence-electron chi connectivity index (χ4n) is 3.61. The minimum atomic E-state index is -1.34. The van der Waals surface area contributed by atoms with Gasteiger partial charge in [-0.3, -0.25) is 19.3 Å². The highest BCUT2D eigenvalue weighted by Crippen LogP contribution is 2.40. The van der Waals surface area contributed by atoms with E-state index in [2.05, 4.69) is 15.5 Å². The second kappa shape index (κ2) is 11.6. The zero-order valence-electron chi connectivity index (χ0n) is 19.5. The van der Waals surface area contributed by atoms with Crippen molar-refractivity contribution in [1.29, 1.82) is 0 Å². The van der Waals surface area contributed by atoms with Gasteiger partial charge in [-0.15, -0.1) is 23.1 Å². The minimum absolute atomic E-state index is 0.109. The van der Waals surface area contributed by atoms with Crippen LogP contribution in [0.3, 0.4) is 0 Å². The van der Waals surface area contributed by atoms with Gasteiger partial charge in [0.1, 0.15) is 36.0 Å². The molecule has 1 saturated heterocycles. The molecule has 4 N–H and O–H groups in total. The van der Waals surface area contributed by atoms with Gasteiger partial charge < -0.3 is 25.7 Å². The monoisotopic (exact) mass is 599 g/mol. The van der Waals surface area contributed by atoms with E-state index in [-0.39, 0.29) is 46.8 Å². The van der Waals surface area contributed by atoms with Gasteiger partial charge in [-0.05, 0) is 18.2 Å². The van der Waals surface area contributed by atoms with Gasteiger partial charge in [0.15, 0.2) is 10.8 Å². The number of nitrogen functional groups attached to an aromatic ring is 1. The van der Waals surface area contributed by atoms with Gasteiger partial charge in [0.2, 0.25) is 0 Å². The maximum atomic E-state index is 13.2. The Hall–Kier alpha value is -3.33. The smallest absolute Gasteiger partial charge is 0.352 e. The van der Waals surface area contributed by atoms with Crippen molar-refractivity contribution in [2.75, 3.05) is 18.1 Å². The molecule has 2 atom stereocenters. The second-order valence-electron chi connectivity index (χ2n) is 7.92. The lowest BCUT2D eigenvalue weighted by atomic mass is 10.0. The summed E-state index contributed by atoms with van der Waals surface area (Å²) in [6.07, 6.45) is 0. The molecule has 12 nitrogen and oxygen atoms in total. The first-order valence-electron chi connectivity index (χ1n) is 10.8. The number of thiazole rings is 1. The van der Waals surface area contributed by atoms with Gasteiger partial charge in [0.05, 0.1) is 0 Å². The van der Waals surface area contributed by atoms with E-state index in [9.17, 15) is 24.3 Å². The first kappa shape index (κ1) is 27.7. The maximum absolute atomic E-state index is 13.2. The Kier molecular flexibility index (Phi) is 8.45. The summed E-state index contributed by atoms with van der Waals surface area (Å²) in [5.41, 5.74) is 6.13. The van der Waals surface area contributed by atoms with E-state index in [1.165, 1.54) is 24.1 Å². The summed E-state index contributed by atoms with van der Waals surface area (Å²) in [7, 11) is 0. The number of hydrogen-bond donors (Lipinski definition) is 3. The molecular formula is C22H19Cl2N5O7S2. The number of anilines is 1. The number of carbonyl (C=O) groups is 4. The lowest BCUT2D eigenvalue weighted by molar-refractivity contribution is -0.150. The Morgan fingerprint density at radius 3 is 2.74 bits per heavy atom. The first-order chi connectivity index (χ1) is 18.1. The Morgan fingerprint density at radius 2 is 2.08 bits per heavy atom. The molecule has 0 spiro atoms. The molecule has 0 bridgehead atoms. The van der Waals surface area contributed by atoms with Crippen LogP contribution in [0.15, 0.2) is 40.0 Å². The number of rotatable bonds is 9. The SMILES string of the molecule is CC(=O)OCC1=C(C(=O)O)N2C(=O)[C@@H](NC(=O)/C(=N\OCc3cc(Cl)ccc3Cl)c3csc(N)n3)[C@H]2SC1. The summed E-state index contributed by atoms with van der Waals surface area (Å²) in [4.78, 5) is 59.6. The molecular weight excluding hydrogens is 581 g/mol. The van der Waals surface area contributed by atoms with Crippen LogP contribution in [0.4, 0.5) is 5.13 Å². The summed E-state index contributed by atoms with van der Waals surface area (Å²) in [5, 5.41) is 18.0. The van der Waals surface area contributed by atoms with Crippen LogP contribution in [0.25, 0.3) is 0 Å². The molecule has 1 aromatic carbocycles. The number of nitrogens with two attached hydrogens (primary N) is 1. The van der Waals surface area contributed by atoms with Crippen LogP contribution in [0.2, 0.25) is 10.0 Å². The third-order valence-corrected chi connectivity index (χ3v) is 7.97. The number of nitrogens with one attached hydrogen (secondary N) is 1. The lowest BCUT2D eigenvalue weighted by Gasteiger charge is -2.49. The van der Waals surface area contributed by atoms with E-state index in [1.807, 2.05) is 0 Å². The van der Waals surface area contributed by atoms with Gasteiger partial charge in [-0.1, -0.05) is 28.4 Å². The Bertz CT molecular complexity index is 1380. The summed E-state index contributed by atoms with van der Waals surface area (Å²) in [5.74, 6) is -3.16. The number of hydrogen-bond acceptors (Lipinski definition) is 11. The van der Waals surface area contributed by atoms with Crippen LogP contribution in [0.5, 0.6) is 0 Å². The second-order valence-corrected chi connectivity index (χ2v) is 10.8. The van der Waals surface area contributed by atoms with E-state index in [4.69, 9.17) is 38.5 Å². The Morgan fingerprint density at radius 1 is 1.32 bits per heavy atom. The molecule has 2 aromatic rings. The molecule has 200 valence electrons. The molecule has 0 saturated carbocycles. The van der Waals surface area contributed by atoms with Crippen molar-refractivity contribution in [3.63, 3.8) is 0 Å². The number of β-lactam (4-membered cyclic amide) rings is 1. The van der Waals surface area contributed by atoms with Crippen molar-refractivity contribution in [2.45, 2.75) is 24.9 Å². The van der Waals surface area contributed by atoms with Crippen LogP contribution < -0.4 is 11.1 Å². The maximum Gasteiger partial charge on any atom is 0.352 e. The standard InChI is InChI=1S/C22H19Cl2N5O7S2/c1-9(30)35-5-11-7-37-20-16(19(32)29(20)17(11)21(33)34)27-18(31)15(14-8-38-22(25)26-14)28-36-6-10-4-12(23)2-3-13(10)24/h2-4,8,16,20H,5-7H2,1H3,(H2,25,26)(H,27,31)(H,33,34)/b28-15-/t16-,20-/m1/s1. The normalized spacial score (nSPS) is 19.0. The van der Waals surface area contributed by atoms with Crippen molar-refractivity contribution < 1.29 is 33.9 Å². The number of halogens is 2. The van der Waals surface area contributed by atoms with Gasteiger partial charge in [-0.25, -0.2) is 9.78 Å². The number of oxime groups is 1. The molecule has 16 heteroatoms. The van der Waals surface area contributed by atoms with Crippen molar-refractivity contribution in [3.05, 3.63) is 56.2 Å². The summed E-state index contributed by atoms with van der Waals surface area (Å²) in [6.45, 7) is 0.832. The molecule has 2 aliphatic rings. The molecule has 4 rings (SSSR count). The average molecular weight is 600 g/mol. The van der Waals surface area contributed by atoms with Crippen molar-refractivity contribution in [1.82, 2.24) is 15.2 Å². The van der Waals surface area contributed by atoms with E-state index in [0.717, 1.165) is 16.2 Å². The lowest BCUT2D eigenvalue weighted by Crippen LogP contribution is -2.71. The molecule has 38 heavy (non-hydrogen) atoms. The summed E-state index contributed by atoms with van der Waals surface area (Å²) in [6, 6.07) is 3.75. The number of thioether (sulfide) groups is 1. The van der Waals surface area contributed by atoms with Crippen molar-refractivity contribution in [2.24, 2.45) is 5.16 Å². The fraction of sp³-hybridized carbons (Fsp3) is 0.273. The summed E-state index contributed by atoms with van der Waals surface area (Å²) >= 11 is 14.4. The highest BCUT2D eigenvalue weighted by Gasteiger charge is 2.54. The molecule has 0 radical (unpaired) electrons. The van der Waals surface area contributed by atoms with Gasteiger partial charge in [0.25, 0.3) is 11.8 Å². The number of ether oxygens (including phenoxy) is 1. The van der Waals surface area contributed by atoms with E-state index < -0.39 is 35.2 Å². The zero-order chi connectivity index (χ0) is 27.6.